The Morgan fingerprint density at radius 2 is 1.27 bits per heavy atom. The summed E-state index contributed by atoms with van der Waals surface area (Å²) in [6.45, 7) is 0. The Labute approximate surface area is 94.8 Å². The van der Waals surface area contributed by atoms with Crippen LogP contribution in [0.5, 0.6) is 0 Å². The molecule has 0 aromatic rings. The largest absolute Gasteiger partial charge is 0.328 e. The second-order valence-electron chi connectivity index (χ2n) is 5.89. The van der Waals surface area contributed by atoms with Crippen molar-refractivity contribution in [3.8, 4) is 0 Å². The van der Waals surface area contributed by atoms with Gasteiger partial charge < -0.3 is 5.73 Å². The maximum atomic E-state index is 6.17. The summed E-state index contributed by atoms with van der Waals surface area (Å²) in [5, 5.41) is 0. The first-order chi connectivity index (χ1) is 7.34. The molecule has 0 spiro atoms. The fourth-order valence-electron chi connectivity index (χ4n) is 3.62. The van der Waals surface area contributed by atoms with Crippen molar-refractivity contribution in [2.45, 2.75) is 76.7 Å². The molecule has 0 aliphatic heterocycles. The predicted octanol–water partition coefficient (Wildman–Crippen LogP) is 3.86. The molecule has 0 saturated heterocycles. The van der Waals surface area contributed by atoms with Gasteiger partial charge in [0.2, 0.25) is 0 Å². The molecule has 2 rings (SSSR count). The molecule has 2 N–H and O–H groups in total. The third-order valence-electron chi connectivity index (χ3n) is 4.46. The zero-order valence-electron chi connectivity index (χ0n) is 10.1. The monoisotopic (exact) mass is 209 g/mol. The van der Waals surface area contributed by atoms with Crippen LogP contribution >= 0.6 is 0 Å². The lowest BCUT2D eigenvalue weighted by atomic mass is 9.79. The summed E-state index contributed by atoms with van der Waals surface area (Å²) in [6.07, 6.45) is 15.8. The Kier molecular flexibility index (Phi) is 4.49. The smallest absolute Gasteiger partial charge is 0.00414 e. The molecule has 1 nitrogen and oxygen atoms in total. The minimum Gasteiger partial charge on any atom is -0.328 e. The molecule has 0 radical (unpaired) electrons. The van der Waals surface area contributed by atoms with Gasteiger partial charge in [0, 0.05) is 6.04 Å². The molecule has 2 fully saturated rings. The molecule has 3 unspecified atom stereocenters. The molecule has 0 heterocycles. The van der Waals surface area contributed by atoms with Gasteiger partial charge in [0.15, 0.2) is 0 Å². The first kappa shape index (κ1) is 11.4. The molecular formula is C14H27N. The van der Waals surface area contributed by atoms with E-state index in [2.05, 4.69) is 0 Å². The molecule has 0 aromatic heterocycles. The van der Waals surface area contributed by atoms with Crippen LogP contribution in [0.1, 0.15) is 70.6 Å². The number of nitrogens with two attached hydrogens (primary N) is 1. The van der Waals surface area contributed by atoms with Crippen LogP contribution in [0.2, 0.25) is 0 Å². The summed E-state index contributed by atoms with van der Waals surface area (Å²) in [5.74, 6) is 2.00. The minimum absolute atomic E-state index is 0.511. The molecule has 1 heteroatoms. The summed E-state index contributed by atoms with van der Waals surface area (Å²) >= 11 is 0. The Morgan fingerprint density at radius 1 is 0.600 bits per heavy atom. The van der Waals surface area contributed by atoms with E-state index in [9.17, 15) is 0 Å². The van der Waals surface area contributed by atoms with E-state index >= 15 is 0 Å². The third-order valence-corrected chi connectivity index (χ3v) is 4.46. The lowest BCUT2D eigenvalue weighted by Crippen LogP contribution is -2.27. The van der Waals surface area contributed by atoms with Gasteiger partial charge in [0.25, 0.3) is 0 Å². The topological polar surface area (TPSA) is 26.0 Å². The second-order valence-corrected chi connectivity index (χ2v) is 5.89. The second kappa shape index (κ2) is 5.89. The zero-order chi connectivity index (χ0) is 10.5. The van der Waals surface area contributed by atoms with Crippen molar-refractivity contribution in [2.24, 2.45) is 17.6 Å². The molecule has 0 amide bonds. The van der Waals surface area contributed by atoms with Gasteiger partial charge in [-0.25, -0.2) is 0 Å². The van der Waals surface area contributed by atoms with Crippen molar-refractivity contribution in [1.82, 2.24) is 0 Å². The van der Waals surface area contributed by atoms with E-state index in [-0.39, 0.29) is 0 Å². The minimum atomic E-state index is 0.511. The standard InChI is InChI=1S/C14H27N/c15-14-9-5-8-12-6-3-1-2-4-7-13(10-12)11-14/h12-14H,1-11,15H2. The van der Waals surface area contributed by atoms with Gasteiger partial charge in [-0.05, 0) is 31.1 Å². The van der Waals surface area contributed by atoms with Crippen LogP contribution in [0.15, 0.2) is 0 Å². The quantitative estimate of drug-likeness (QED) is 0.644. The molecule has 2 aliphatic carbocycles. The van der Waals surface area contributed by atoms with Crippen LogP contribution < -0.4 is 5.73 Å². The summed E-state index contributed by atoms with van der Waals surface area (Å²) in [7, 11) is 0. The van der Waals surface area contributed by atoms with E-state index in [4.69, 9.17) is 5.73 Å². The number of hydrogen-bond donors (Lipinski definition) is 1. The van der Waals surface area contributed by atoms with Crippen LogP contribution in [-0.2, 0) is 0 Å². The van der Waals surface area contributed by atoms with Crippen LogP contribution in [0.4, 0.5) is 0 Å². The highest BCUT2D eigenvalue weighted by Crippen LogP contribution is 2.34. The molecule has 3 atom stereocenters. The molecule has 88 valence electrons. The maximum absolute atomic E-state index is 6.17. The molecule has 0 aromatic carbocycles. The van der Waals surface area contributed by atoms with Crippen molar-refractivity contribution in [1.29, 1.82) is 0 Å². The highest BCUT2D eigenvalue weighted by Gasteiger charge is 2.22. The van der Waals surface area contributed by atoms with Crippen LogP contribution in [0, 0.1) is 11.8 Å². The predicted molar refractivity (Wildman–Crippen MR) is 65.7 cm³/mol. The van der Waals surface area contributed by atoms with Crippen molar-refractivity contribution in [3.05, 3.63) is 0 Å². The molecule has 2 saturated carbocycles. The molecule has 2 bridgehead atoms. The van der Waals surface area contributed by atoms with Gasteiger partial charge >= 0.3 is 0 Å². The zero-order valence-corrected chi connectivity index (χ0v) is 10.1. The first-order valence-electron chi connectivity index (χ1n) is 7.10. The van der Waals surface area contributed by atoms with Crippen molar-refractivity contribution < 1.29 is 0 Å². The summed E-state index contributed by atoms with van der Waals surface area (Å²) in [4.78, 5) is 0. The van der Waals surface area contributed by atoms with Gasteiger partial charge in [0.05, 0.1) is 0 Å². The lowest BCUT2D eigenvalue weighted by molar-refractivity contribution is 0.259. The molecular weight excluding hydrogens is 182 g/mol. The summed E-state index contributed by atoms with van der Waals surface area (Å²) in [5.41, 5.74) is 6.17. The first-order valence-corrected chi connectivity index (χ1v) is 7.10. The maximum Gasteiger partial charge on any atom is 0.00414 e. The van der Waals surface area contributed by atoms with Crippen molar-refractivity contribution in [2.75, 3.05) is 0 Å². The van der Waals surface area contributed by atoms with Gasteiger partial charge in [-0.15, -0.1) is 0 Å². The van der Waals surface area contributed by atoms with E-state index in [0.717, 1.165) is 11.8 Å². The van der Waals surface area contributed by atoms with Crippen molar-refractivity contribution >= 4 is 0 Å². The summed E-state index contributed by atoms with van der Waals surface area (Å²) in [6, 6.07) is 0.511. The Morgan fingerprint density at radius 3 is 2.07 bits per heavy atom. The fraction of sp³-hybridized carbons (Fsp3) is 1.00. The average Bonchev–Trinajstić information content (AvgIpc) is 2.28. The number of fused-ring (bicyclic) bond motifs is 2. The Hall–Kier alpha value is -0.0400. The van der Waals surface area contributed by atoms with E-state index in [1.165, 1.54) is 70.6 Å². The van der Waals surface area contributed by atoms with E-state index < -0.39 is 0 Å². The van der Waals surface area contributed by atoms with E-state index in [1.807, 2.05) is 0 Å². The van der Waals surface area contributed by atoms with Crippen LogP contribution in [-0.4, -0.2) is 6.04 Å². The SMILES string of the molecule is NC1CCCC2CCCCCCC(C1)C2. The average molecular weight is 209 g/mol. The van der Waals surface area contributed by atoms with Crippen LogP contribution in [0.25, 0.3) is 0 Å². The van der Waals surface area contributed by atoms with Gasteiger partial charge in [0.1, 0.15) is 0 Å². The fourth-order valence-corrected chi connectivity index (χ4v) is 3.62. The molecule has 2 aliphatic rings. The highest BCUT2D eigenvalue weighted by molar-refractivity contribution is 4.77. The highest BCUT2D eigenvalue weighted by atomic mass is 14.6. The normalized spacial score (nSPS) is 39.4. The molecule has 15 heavy (non-hydrogen) atoms. The van der Waals surface area contributed by atoms with Crippen molar-refractivity contribution in [3.63, 3.8) is 0 Å². The Bertz CT molecular complexity index is 178. The number of rotatable bonds is 0. The lowest BCUT2D eigenvalue weighted by Gasteiger charge is -2.28. The third kappa shape index (κ3) is 3.79. The van der Waals surface area contributed by atoms with E-state index in [0.29, 0.717) is 6.04 Å². The van der Waals surface area contributed by atoms with Gasteiger partial charge in [-0.2, -0.15) is 0 Å². The van der Waals surface area contributed by atoms with Crippen LogP contribution in [0.3, 0.4) is 0 Å². The van der Waals surface area contributed by atoms with Gasteiger partial charge in [-0.1, -0.05) is 51.4 Å². The van der Waals surface area contributed by atoms with E-state index in [1.54, 1.807) is 0 Å². The summed E-state index contributed by atoms with van der Waals surface area (Å²) < 4.78 is 0. The Balaban J connectivity index is 1.93. The van der Waals surface area contributed by atoms with Gasteiger partial charge in [-0.3, -0.25) is 0 Å². The number of hydrogen-bond acceptors (Lipinski definition) is 1.